The Bertz CT molecular complexity index is 4660. The van der Waals surface area contributed by atoms with Crippen molar-refractivity contribution >= 4 is 84.9 Å². The van der Waals surface area contributed by atoms with Crippen LogP contribution >= 0.6 is 0 Å². The van der Waals surface area contributed by atoms with Gasteiger partial charge in [-0.05, 0) is 152 Å². The Morgan fingerprint density at radius 3 is 1.82 bits per heavy atom. The summed E-state index contributed by atoms with van der Waals surface area (Å²) in [5.74, 6) is 0. The first-order valence-corrected chi connectivity index (χ1v) is 29.4. The number of allylic oxidation sites excluding steroid dienone is 16. The van der Waals surface area contributed by atoms with Gasteiger partial charge in [-0.15, -0.1) is 0 Å². The zero-order valence-electron chi connectivity index (χ0n) is 48.8. The van der Waals surface area contributed by atoms with Crippen LogP contribution in [0.1, 0.15) is 45.5 Å². The summed E-state index contributed by atoms with van der Waals surface area (Å²) >= 11 is 0. The topological polar surface area (TPSA) is 21.3 Å². The van der Waals surface area contributed by atoms with Gasteiger partial charge in [-0.1, -0.05) is 276 Å². The predicted octanol–water partition coefficient (Wildman–Crippen LogP) is 23.2. The van der Waals surface area contributed by atoms with Gasteiger partial charge in [0.15, 0.2) is 0 Å². The third-order valence-electron chi connectivity index (χ3n) is 16.2. The van der Waals surface area contributed by atoms with Gasteiger partial charge in [-0.3, -0.25) is 0 Å². The molecule has 11 aromatic rings. The van der Waals surface area contributed by atoms with Crippen molar-refractivity contribution in [3.05, 3.63) is 369 Å². The van der Waals surface area contributed by atoms with Gasteiger partial charge in [-0.25, -0.2) is 0 Å². The molecule has 1 aliphatic rings. The van der Waals surface area contributed by atoms with Crippen molar-refractivity contribution in [1.82, 2.24) is 4.57 Å². The molecule has 12 rings (SSSR count). The van der Waals surface area contributed by atoms with Crippen molar-refractivity contribution in [3.8, 4) is 33.4 Å². The Balaban J connectivity index is 0.806. The molecule has 0 fully saturated rings. The fraction of sp³-hybridized carbons (Fsp3) is 0.0238. The molecule has 0 unspecified atom stereocenters. The molecule has 0 saturated carbocycles. The Hall–Kier alpha value is -11.3. The number of para-hydroxylation sites is 2. The van der Waals surface area contributed by atoms with E-state index in [-0.39, 0.29) is 0 Å². The molecule has 0 N–H and O–H groups in total. The molecule has 2 heterocycles. The fourth-order valence-corrected chi connectivity index (χ4v) is 11.7. The van der Waals surface area contributed by atoms with Crippen LogP contribution in [0, 0.1) is 0 Å². The van der Waals surface area contributed by atoms with E-state index in [2.05, 4.69) is 273 Å². The second kappa shape index (κ2) is 25.7. The highest BCUT2D eigenvalue weighted by Crippen LogP contribution is 2.42. The lowest BCUT2D eigenvalue weighted by molar-refractivity contribution is 0.670. The van der Waals surface area contributed by atoms with Gasteiger partial charge in [0, 0.05) is 55.7 Å². The standard InChI is InChI=1S/C84H66N2O/c1-7-11-12-14-24-62-33-35-66(36-34-62)67-47-53-75(54-48-67)85(74-51-45-65(46-52-74)63(9-3)26-19-25-61-22-15-13-16-23-61)60(6)32-31-59(5)64-37-39-68(40-38-64)71-49-55-81-79(57-71)80-58-72(50-56-82(80)86(81)73(10-4)21-8-2)69-41-43-70(44-42-69)76-28-20-29-78-77-27-17-18-30-83(77)87-84(76)78/h7-48,50-54,56-58H,1-6,49,55H2. The number of benzene rings is 9. The van der Waals surface area contributed by atoms with Crippen LogP contribution in [0.25, 0.3) is 107 Å². The first kappa shape index (κ1) is 56.2. The van der Waals surface area contributed by atoms with Gasteiger partial charge in [0.25, 0.3) is 0 Å². The molecular formula is C84H66N2O. The minimum absolute atomic E-state index is 0.794. The normalized spacial score (nSPS) is 12.8. The number of nitrogens with zero attached hydrogens (tertiary/aromatic N) is 2. The predicted molar refractivity (Wildman–Crippen MR) is 377 cm³/mol. The van der Waals surface area contributed by atoms with Crippen molar-refractivity contribution in [2.45, 2.75) is 12.8 Å². The molecule has 0 radical (unpaired) electrons. The summed E-state index contributed by atoms with van der Waals surface area (Å²) in [6.07, 6.45) is 32.0. The number of fused-ring (bicyclic) bond motifs is 6. The van der Waals surface area contributed by atoms with Crippen LogP contribution in [-0.2, 0) is 6.42 Å². The third kappa shape index (κ3) is 12.0. The minimum Gasteiger partial charge on any atom is -0.455 e. The van der Waals surface area contributed by atoms with Crippen molar-refractivity contribution < 1.29 is 4.42 Å². The molecule has 87 heavy (non-hydrogen) atoms. The highest BCUT2D eigenvalue weighted by Gasteiger charge is 2.23. The van der Waals surface area contributed by atoms with E-state index in [0.717, 1.165) is 130 Å². The lowest BCUT2D eigenvalue weighted by Gasteiger charge is -2.26. The van der Waals surface area contributed by atoms with Crippen molar-refractivity contribution in [1.29, 1.82) is 0 Å². The molecule has 0 bridgehead atoms. The van der Waals surface area contributed by atoms with E-state index in [1.165, 1.54) is 27.8 Å². The summed E-state index contributed by atoms with van der Waals surface area (Å²) in [6.45, 7) is 25.4. The van der Waals surface area contributed by atoms with E-state index in [0.29, 0.717) is 0 Å². The monoisotopic (exact) mass is 1120 g/mol. The number of hydrogen-bond donors (Lipinski definition) is 0. The van der Waals surface area contributed by atoms with Crippen LogP contribution in [0.3, 0.4) is 0 Å². The largest absolute Gasteiger partial charge is 0.455 e. The molecule has 0 amide bonds. The number of anilines is 2. The molecule has 1 aliphatic carbocycles. The molecule has 418 valence electrons. The summed E-state index contributed by atoms with van der Waals surface area (Å²) < 4.78 is 8.77. The molecule has 0 spiro atoms. The van der Waals surface area contributed by atoms with Gasteiger partial charge in [0.1, 0.15) is 11.2 Å². The van der Waals surface area contributed by atoms with Crippen LogP contribution in [-0.4, -0.2) is 4.57 Å². The molecular weight excluding hydrogens is 1050 g/mol. The average molecular weight is 1120 g/mol. The molecule has 0 saturated heterocycles. The van der Waals surface area contributed by atoms with Gasteiger partial charge in [-0.2, -0.15) is 0 Å². The third-order valence-corrected chi connectivity index (χ3v) is 16.2. The molecule has 3 heteroatoms. The van der Waals surface area contributed by atoms with E-state index >= 15 is 0 Å². The zero-order chi connectivity index (χ0) is 59.6. The van der Waals surface area contributed by atoms with Crippen LogP contribution in [0.2, 0.25) is 0 Å². The lowest BCUT2D eigenvalue weighted by Crippen LogP contribution is -2.14. The fourth-order valence-electron chi connectivity index (χ4n) is 11.7. The SMILES string of the molecule is C=CC=CC=Cc1ccc(-c2ccc(N(C(=C)C=CC(=C)c3ccc(C4=Cc5c(n(C(C=C)=CC=C)c6ccc(-c7ccc(-c8cccc9c8oc8ccccc89)cc7)cc56)CC4)cc3)c3ccc(C(C=C)=CC=Cc4ccccc4)cc3)cc2)cc1. The summed E-state index contributed by atoms with van der Waals surface area (Å²) in [5.41, 5.74) is 24.7. The Morgan fingerprint density at radius 2 is 1.09 bits per heavy atom. The first-order chi connectivity index (χ1) is 42.8. The number of hydrogen-bond acceptors (Lipinski definition) is 2. The molecule has 9 aromatic carbocycles. The molecule has 0 atom stereocenters. The van der Waals surface area contributed by atoms with E-state index in [1.807, 2.05) is 72.9 Å². The van der Waals surface area contributed by atoms with Crippen LogP contribution < -0.4 is 4.90 Å². The van der Waals surface area contributed by atoms with Crippen molar-refractivity contribution in [3.63, 3.8) is 0 Å². The van der Waals surface area contributed by atoms with Crippen LogP contribution in [0.15, 0.2) is 335 Å². The van der Waals surface area contributed by atoms with E-state index in [9.17, 15) is 0 Å². The minimum atomic E-state index is 0.794. The maximum absolute atomic E-state index is 6.41. The lowest BCUT2D eigenvalue weighted by atomic mass is 9.90. The smallest absolute Gasteiger partial charge is 0.143 e. The Kier molecular flexibility index (Phi) is 16.6. The maximum Gasteiger partial charge on any atom is 0.143 e. The zero-order valence-corrected chi connectivity index (χ0v) is 48.8. The number of furan rings is 1. The summed E-state index contributed by atoms with van der Waals surface area (Å²) in [6, 6.07) is 75.3. The van der Waals surface area contributed by atoms with Crippen LogP contribution in [0.4, 0.5) is 11.4 Å². The van der Waals surface area contributed by atoms with Gasteiger partial charge in [0.05, 0.1) is 5.52 Å². The van der Waals surface area contributed by atoms with Crippen LogP contribution in [0.5, 0.6) is 0 Å². The van der Waals surface area contributed by atoms with E-state index < -0.39 is 0 Å². The molecule has 0 aliphatic heterocycles. The summed E-state index contributed by atoms with van der Waals surface area (Å²) in [7, 11) is 0. The number of rotatable bonds is 20. The van der Waals surface area contributed by atoms with Crippen molar-refractivity contribution in [2.24, 2.45) is 0 Å². The summed E-state index contributed by atoms with van der Waals surface area (Å²) in [4.78, 5) is 2.19. The van der Waals surface area contributed by atoms with Gasteiger partial charge >= 0.3 is 0 Å². The summed E-state index contributed by atoms with van der Waals surface area (Å²) in [5, 5.41) is 3.45. The first-order valence-electron chi connectivity index (χ1n) is 29.4. The second-order valence-corrected chi connectivity index (χ2v) is 21.5. The van der Waals surface area contributed by atoms with Gasteiger partial charge < -0.3 is 13.9 Å². The van der Waals surface area contributed by atoms with Crippen molar-refractivity contribution in [2.75, 3.05) is 4.90 Å². The maximum atomic E-state index is 6.41. The highest BCUT2D eigenvalue weighted by atomic mass is 16.3. The quantitative estimate of drug-likeness (QED) is 0.0709. The highest BCUT2D eigenvalue weighted by molar-refractivity contribution is 6.10. The Morgan fingerprint density at radius 1 is 0.471 bits per heavy atom. The second-order valence-electron chi connectivity index (χ2n) is 21.5. The van der Waals surface area contributed by atoms with E-state index in [1.54, 1.807) is 6.08 Å². The molecule has 3 nitrogen and oxygen atoms in total. The average Bonchev–Trinajstić information content (AvgIpc) is 1.81. The van der Waals surface area contributed by atoms with E-state index in [4.69, 9.17) is 4.42 Å². The Labute approximate surface area is 511 Å². The molecule has 2 aromatic heterocycles. The van der Waals surface area contributed by atoms with Gasteiger partial charge in [0.2, 0.25) is 0 Å². The number of aromatic nitrogens is 1.